The van der Waals surface area contributed by atoms with E-state index in [1.54, 1.807) is 0 Å². The van der Waals surface area contributed by atoms with E-state index < -0.39 is 0 Å². The van der Waals surface area contributed by atoms with Gasteiger partial charge in [0.1, 0.15) is 5.82 Å². The third-order valence-corrected chi connectivity index (χ3v) is 2.92. The van der Waals surface area contributed by atoms with Crippen LogP contribution in [0.2, 0.25) is 0 Å². The molecule has 0 bridgehead atoms. The van der Waals surface area contributed by atoms with Gasteiger partial charge in [0, 0.05) is 6.07 Å². The van der Waals surface area contributed by atoms with Crippen LogP contribution in [0.15, 0.2) is 36.4 Å². The highest BCUT2D eigenvalue weighted by molar-refractivity contribution is 5.33. The highest BCUT2D eigenvalue weighted by Gasteiger charge is 2.20. The predicted molar refractivity (Wildman–Crippen MR) is 70.8 cm³/mol. The van der Waals surface area contributed by atoms with Gasteiger partial charge in [-0.1, -0.05) is 44.2 Å². The van der Waals surface area contributed by atoms with Gasteiger partial charge in [-0.3, -0.25) is 0 Å². The Kier molecular flexibility index (Phi) is 3.18. The summed E-state index contributed by atoms with van der Waals surface area (Å²) in [6.07, 6.45) is 0. The summed E-state index contributed by atoms with van der Waals surface area (Å²) in [4.78, 5) is 0. The van der Waals surface area contributed by atoms with E-state index >= 15 is 0 Å². The van der Waals surface area contributed by atoms with Gasteiger partial charge < -0.3 is 5.73 Å². The molecule has 0 saturated carbocycles. The molecule has 1 unspecified atom stereocenters. The first-order chi connectivity index (χ1) is 8.09. The molecule has 3 nitrogen and oxygen atoms in total. The van der Waals surface area contributed by atoms with Gasteiger partial charge in [0.25, 0.3) is 0 Å². The highest BCUT2D eigenvalue weighted by atomic mass is 15.3. The van der Waals surface area contributed by atoms with Gasteiger partial charge in [0.2, 0.25) is 0 Å². The molecule has 0 spiro atoms. The van der Waals surface area contributed by atoms with Crippen molar-refractivity contribution in [3.05, 3.63) is 47.7 Å². The number of nitrogen functional groups attached to an aromatic ring is 1. The molecule has 0 aliphatic carbocycles. The van der Waals surface area contributed by atoms with Crippen LogP contribution in [0.1, 0.15) is 31.1 Å². The molecule has 1 atom stereocenters. The summed E-state index contributed by atoms with van der Waals surface area (Å²) in [7, 11) is 0. The Balaban J connectivity index is 2.47. The molecule has 1 heterocycles. The van der Waals surface area contributed by atoms with Gasteiger partial charge in [-0.05, 0) is 18.4 Å². The molecular formula is C14H19N3. The van der Waals surface area contributed by atoms with Crippen molar-refractivity contribution in [1.82, 2.24) is 9.78 Å². The van der Waals surface area contributed by atoms with Crippen LogP contribution >= 0.6 is 0 Å². The zero-order valence-electron chi connectivity index (χ0n) is 10.6. The number of benzene rings is 1. The van der Waals surface area contributed by atoms with Crippen LogP contribution in [0, 0.1) is 12.8 Å². The number of nitrogens with zero attached hydrogens (tertiary/aromatic N) is 2. The summed E-state index contributed by atoms with van der Waals surface area (Å²) in [5.41, 5.74) is 8.23. The van der Waals surface area contributed by atoms with E-state index in [-0.39, 0.29) is 6.04 Å². The second-order valence-electron chi connectivity index (χ2n) is 4.75. The Bertz CT molecular complexity index is 485. The molecule has 90 valence electrons. The lowest BCUT2D eigenvalue weighted by molar-refractivity contribution is 0.406. The lowest BCUT2D eigenvalue weighted by Gasteiger charge is -2.23. The summed E-state index contributed by atoms with van der Waals surface area (Å²) in [6, 6.07) is 12.5. The molecule has 1 aromatic heterocycles. The molecule has 2 aromatic rings. The van der Waals surface area contributed by atoms with Crippen molar-refractivity contribution in [3.63, 3.8) is 0 Å². The molecular weight excluding hydrogens is 210 g/mol. The predicted octanol–water partition coefficient (Wildman–Crippen LogP) is 3.02. The van der Waals surface area contributed by atoms with Crippen molar-refractivity contribution in [2.75, 3.05) is 5.73 Å². The average molecular weight is 229 g/mol. The average Bonchev–Trinajstić information content (AvgIpc) is 2.59. The van der Waals surface area contributed by atoms with E-state index in [0.717, 1.165) is 11.5 Å². The van der Waals surface area contributed by atoms with Gasteiger partial charge in [-0.2, -0.15) is 5.10 Å². The van der Waals surface area contributed by atoms with Gasteiger partial charge >= 0.3 is 0 Å². The molecule has 0 aliphatic heterocycles. The monoisotopic (exact) mass is 229 g/mol. The fraction of sp³-hybridized carbons (Fsp3) is 0.357. The van der Waals surface area contributed by atoms with E-state index in [9.17, 15) is 0 Å². The summed E-state index contributed by atoms with van der Waals surface area (Å²) < 4.78 is 1.93. The Morgan fingerprint density at radius 2 is 1.82 bits per heavy atom. The maximum Gasteiger partial charge on any atom is 0.122 e. The number of hydrogen-bond donors (Lipinski definition) is 1. The number of anilines is 1. The SMILES string of the molecule is Cc1cc(N)n(C(c2ccccc2)C(C)C)n1. The molecule has 0 radical (unpaired) electrons. The normalized spacial score (nSPS) is 12.9. The Labute approximate surface area is 102 Å². The second kappa shape index (κ2) is 4.62. The van der Waals surface area contributed by atoms with E-state index in [1.165, 1.54) is 5.56 Å². The van der Waals surface area contributed by atoms with Crippen LogP contribution in [0.25, 0.3) is 0 Å². The molecule has 0 saturated heterocycles. The van der Waals surface area contributed by atoms with Crippen molar-refractivity contribution in [2.45, 2.75) is 26.8 Å². The molecule has 2 N–H and O–H groups in total. The topological polar surface area (TPSA) is 43.8 Å². The Morgan fingerprint density at radius 3 is 2.29 bits per heavy atom. The fourth-order valence-electron chi connectivity index (χ4n) is 2.22. The van der Waals surface area contributed by atoms with Crippen molar-refractivity contribution in [3.8, 4) is 0 Å². The lowest BCUT2D eigenvalue weighted by atomic mass is 9.96. The van der Waals surface area contributed by atoms with Crippen molar-refractivity contribution >= 4 is 5.82 Å². The first-order valence-corrected chi connectivity index (χ1v) is 5.96. The summed E-state index contributed by atoms with van der Waals surface area (Å²) in [5, 5.41) is 4.50. The zero-order valence-corrected chi connectivity index (χ0v) is 10.6. The van der Waals surface area contributed by atoms with E-state index in [2.05, 4.69) is 43.2 Å². The van der Waals surface area contributed by atoms with Gasteiger partial charge in [-0.25, -0.2) is 4.68 Å². The first kappa shape index (κ1) is 11.7. The zero-order chi connectivity index (χ0) is 12.4. The van der Waals surface area contributed by atoms with Crippen LogP contribution < -0.4 is 5.73 Å². The standard InChI is InChI=1S/C14H19N3/c1-10(2)14(12-7-5-4-6-8-12)17-13(15)9-11(3)16-17/h4-10,14H,15H2,1-3H3. The van der Waals surface area contributed by atoms with Crippen LogP contribution in [0.5, 0.6) is 0 Å². The molecule has 3 heteroatoms. The summed E-state index contributed by atoms with van der Waals surface area (Å²) >= 11 is 0. The minimum absolute atomic E-state index is 0.199. The number of hydrogen-bond acceptors (Lipinski definition) is 2. The third-order valence-electron chi connectivity index (χ3n) is 2.92. The number of rotatable bonds is 3. The largest absolute Gasteiger partial charge is 0.384 e. The van der Waals surface area contributed by atoms with Crippen LogP contribution in [-0.4, -0.2) is 9.78 Å². The molecule has 0 fully saturated rings. The van der Waals surface area contributed by atoms with E-state index in [1.807, 2.05) is 23.7 Å². The van der Waals surface area contributed by atoms with Crippen LogP contribution in [-0.2, 0) is 0 Å². The van der Waals surface area contributed by atoms with Crippen molar-refractivity contribution in [1.29, 1.82) is 0 Å². The van der Waals surface area contributed by atoms with Gasteiger partial charge in [0.05, 0.1) is 11.7 Å². The second-order valence-corrected chi connectivity index (χ2v) is 4.75. The van der Waals surface area contributed by atoms with Gasteiger partial charge in [-0.15, -0.1) is 0 Å². The minimum atomic E-state index is 0.199. The molecule has 0 amide bonds. The van der Waals surface area contributed by atoms with Crippen LogP contribution in [0.4, 0.5) is 5.82 Å². The molecule has 17 heavy (non-hydrogen) atoms. The Hall–Kier alpha value is -1.77. The highest BCUT2D eigenvalue weighted by Crippen LogP contribution is 2.28. The van der Waals surface area contributed by atoms with E-state index in [4.69, 9.17) is 5.73 Å². The number of nitrogens with two attached hydrogens (primary N) is 1. The van der Waals surface area contributed by atoms with Crippen LogP contribution in [0.3, 0.4) is 0 Å². The minimum Gasteiger partial charge on any atom is -0.384 e. The molecule has 2 rings (SSSR count). The third kappa shape index (κ3) is 2.33. The van der Waals surface area contributed by atoms with Gasteiger partial charge in [0.15, 0.2) is 0 Å². The molecule has 0 aliphatic rings. The lowest BCUT2D eigenvalue weighted by Crippen LogP contribution is -2.19. The number of aromatic nitrogens is 2. The maximum absolute atomic E-state index is 6.02. The molecule has 1 aromatic carbocycles. The smallest absolute Gasteiger partial charge is 0.122 e. The summed E-state index contributed by atoms with van der Waals surface area (Å²) in [6.45, 7) is 6.34. The number of aryl methyl sites for hydroxylation is 1. The van der Waals surface area contributed by atoms with E-state index in [0.29, 0.717) is 5.92 Å². The first-order valence-electron chi connectivity index (χ1n) is 5.96. The van der Waals surface area contributed by atoms with Crippen molar-refractivity contribution in [2.24, 2.45) is 5.92 Å². The Morgan fingerprint density at radius 1 is 1.18 bits per heavy atom. The maximum atomic E-state index is 6.02. The quantitative estimate of drug-likeness (QED) is 0.879. The summed E-state index contributed by atoms with van der Waals surface area (Å²) in [5.74, 6) is 1.17. The van der Waals surface area contributed by atoms with Crippen molar-refractivity contribution < 1.29 is 0 Å². The fourth-order valence-corrected chi connectivity index (χ4v) is 2.22.